The van der Waals surface area contributed by atoms with E-state index in [1.165, 1.54) is 0 Å². The van der Waals surface area contributed by atoms with Gasteiger partial charge in [0, 0.05) is 18.9 Å². The summed E-state index contributed by atoms with van der Waals surface area (Å²) in [7, 11) is 0. The molecule has 0 aromatic rings. The molecule has 0 aliphatic carbocycles. The maximum absolute atomic E-state index is 10.8. The Kier molecular flexibility index (Phi) is 5.94. The van der Waals surface area contributed by atoms with Crippen LogP contribution >= 0.6 is 0 Å². The first-order valence-corrected chi connectivity index (χ1v) is 4.03. The predicted molar refractivity (Wildman–Crippen MR) is 53.0 cm³/mol. The molecule has 3 heteroatoms. The third-order valence-electron chi connectivity index (χ3n) is 1.51. The van der Waals surface area contributed by atoms with Gasteiger partial charge in [-0.3, -0.25) is 0 Å². The number of rotatable bonds is 5. The van der Waals surface area contributed by atoms with Gasteiger partial charge in [-0.1, -0.05) is 6.58 Å². The Hall–Kier alpha value is -1.71. The molecule has 0 spiro atoms. The molecule has 0 heterocycles. The maximum Gasteiger partial charge on any atom is 0.330 e. The molecule has 0 saturated carbocycles. The van der Waals surface area contributed by atoms with Crippen molar-refractivity contribution in [2.45, 2.75) is 25.0 Å². The van der Waals surface area contributed by atoms with Crippen molar-refractivity contribution in [3.63, 3.8) is 0 Å². The molecule has 3 nitrogen and oxygen atoms in total. The van der Waals surface area contributed by atoms with Gasteiger partial charge in [0.05, 0.1) is 0 Å². The second-order valence-electron chi connectivity index (χ2n) is 2.56. The molecular formula is C11H12O3. The average molecular weight is 192 g/mol. The largest absolute Gasteiger partial charge is 0.455 e. The van der Waals surface area contributed by atoms with E-state index in [-0.39, 0.29) is 12.8 Å². The third kappa shape index (κ3) is 4.35. The van der Waals surface area contributed by atoms with E-state index < -0.39 is 18.2 Å². The molecule has 14 heavy (non-hydrogen) atoms. The van der Waals surface area contributed by atoms with Gasteiger partial charge in [-0.2, -0.15) is 0 Å². The van der Waals surface area contributed by atoms with Crippen molar-refractivity contribution in [3.8, 4) is 24.7 Å². The minimum Gasteiger partial charge on any atom is -0.455 e. The summed E-state index contributed by atoms with van der Waals surface area (Å²) < 4.78 is 4.81. The number of aliphatic hydroxyl groups excluding tert-OH is 1. The van der Waals surface area contributed by atoms with E-state index in [0.717, 1.165) is 6.08 Å². The van der Waals surface area contributed by atoms with Crippen LogP contribution in [-0.2, 0) is 9.53 Å². The van der Waals surface area contributed by atoms with Gasteiger partial charge in [-0.15, -0.1) is 24.7 Å². The Labute approximate surface area is 83.8 Å². The van der Waals surface area contributed by atoms with Gasteiger partial charge in [0.2, 0.25) is 0 Å². The molecule has 0 aromatic heterocycles. The lowest BCUT2D eigenvalue weighted by Gasteiger charge is -2.18. The number of carbonyl (C=O) groups is 1. The van der Waals surface area contributed by atoms with E-state index in [4.69, 9.17) is 17.6 Å². The van der Waals surface area contributed by atoms with Crippen molar-refractivity contribution in [3.05, 3.63) is 12.7 Å². The van der Waals surface area contributed by atoms with Crippen LogP contribution in [0.5, 0.6) is 0 Å². The molecule has 0 saturated heterocycles. The van der Waals surface area contributed by atoms with Crippen LogP contribution in [0.1, 0.15) is 12.8 Å². The maximum atomic E-state index is 10.8. The van der Waals surface area contributed by atoms with Crippen LogP contribution in [0.15, 0.2) is 12.7 Å². The van der Waals surface area contributed by atoms with Crippen molar-refractivity contribution in [1.82, 2.24) is 0 Å². The quantitative estimate of drug-likeness (QED) is 0.392. The van der Waals surface area contributed by atoms with E-state index >= 15 is 0 Å². The highest BCUT2D eigenvalue weighted by atomic mass is 16.6. The van der Waals surface area contributed by atoms with Crippen LogP contribution in [0.25, 0.3) is 0 Å². The molecule has 0 aliphatic rings. The molecule has 2 atom stereocenters. The molecule has 0 amide bonds. The lowest BCUT2D eigenvalue weighted by Crippen LogP contribution is -2.30. The average Bonchev–Trinajstić information content (AvgIpc) is 2.17. The predicted octanol–water partition coefficient (Wildman–Crippen LogP) is 0.492. The van der Waals surface area contributed by atoms with Gasteiger partial charge in [0.25, 0.3) is 0 Å². The zero-order valence-electron chi connectivity index (χ0n) is 7.77. The highest BCUT2D eigenvalue weighted by Crippen LogP contribution is 2.07. The Morgan fingerprint density at radius 2 is 2.07 bits per heavy atom. The van der Waals surface area contributed by atoms with Gasteiger partial charge in [0.15, 0.2) is 0 Å². The van der Waals surface area contributed by atoms with Crippen LogP contribution in [0.4, 0.5) is 0 Å². The lowest BCUT2D eigenvalue weighted by molar-refractivity contribution is -0.148. The monoisotopic (exact) mass is 192 g/mol. The topological polar surface area (TPSA) is 46.5 Å². The van der Waals surface area contributed by atoms with Crippen molar-refractivity contribution in [2.24, 2.45) is 0 Å². The second-order valence-corrected chi connectivity index (χ2v) is 2.56. The standard InChI is InChI=1S/C11H12O3/c1-4-7-9(12)10(8-5-2)14-11(13)6-3/h1-2,6,9-10,12H,3,7-8H2. The van der Waals surface area contributed by atoms with E-state index in [1.807, 2.05) is 0 Å². The second kappa shape index (κ2) is 6.77. The van der Waals surface area contributed by atoms with Crippen molar-refractivity contribution in [2.75, 3.05) is 0 Å². The number of terminal acetylenes is 2. The first kappa shape index (κ1) is 12.3. The number of ether oxygens (including phenoxy) is 1. The summed E-state index contributed by atoms with van der Waals surface area (Å²) in [6.07, 6.45) is 9.59. The Bertz CT molecular complexity index is 280. The summed E-state index contributed by atoms with van der Waals surface area (Å²) in [4.78, 5) is 10.8. The van der Waals surface area contributed by atoms with E-state index in [1.54, 1.807) is 0 Å². The molecule has 0 rings (SSSR count). The van der Waals surface area contributed by atoms with E-state index in [9.17, 15) is 9.90 Å². The highest BCUT2D eigenvalue weighted by Gasteiger charge is 2.20. The zero-order valence-corrected chi connectivity index (χ0v) is 7.77. The van der Waals surface area contributed by atoms with E-state index in [2.05, 4.69) is 18.4 Å². The SMILES string of the molecule is C#CCC(O)C(CC#C)OC(=O)C=C. The molecule has 0 aromatic carbocycles. The Balaban J connectivity index is 4.29. The number of esters is 1. The van der Waals surface area contributed by atoms with Crippen LogP contribution in [0.3, 0.4) is 0 Å². The third-order valence-corrected chi connectivity index (χ3v) is 1.51. The minimum absolute atomic E-state index is 0.0940. The molecular weight excluding hydrogens is 180 g/mol. The van der Waals surface area contributed by atoms with Crippen LogP contribution in [-0.4, -0.2) is 23.3 Å². The smallest absolute Gasteiger partial charge is 0.330 e. The van der Waals surface area contributed by atoms with Gasteiger partial charge >= 0.3 is 5.97 Å². The first-order chi connectivity index (χ1) is 6.65. The lowest BCUT2D eigenvalue weighted by atomic mass is 10.1. The minimum atomic E-state index is -0.931. The zero-order chi connectivity index (χ0) is 11.0. The summed E-state index contributed by atoms with van der Waals surface area (Å²) in [6, 6.07) is 0. The number of aliphatic hydroxyl groups is 1. The van der Waals surface area contributed by atoms with Gasteiger partial charge in [-0.25, -0.2) is 4.79 Å². The highest BCUT2D eigenvalue weighted by molar-refractivity contribution is 5.81. The number of hydrogen-bond acceptors (Lipinski definition) is 3. The van der Waals surface area contributed by atoms with Crippen molar-refractivity contribution in [1.29, 1.82) is 0 Å². The van der Waals surface area contributed by atoms with Crippen LogP contribution < -0.4 is 0 Å². The molecule has 1 N–H and O–H groups in total. The summed E-state index contributed by atoms with van der Waals surface area (Å²) >= 11 is 0. The molecule has 0 bridgehead atoms. The Morgan fingerprint density at radius 1 is 1.50 bits per heavy atom. The first-order valence-electron chi connectivity index (χ1n) is 4.03. The van der Waals surface area contributed by atoms with Gasteiger partial charge in [0.1, 0.15) is 12.2 Å². The molecule has 0 fully saturated rings. The number of carbonyl (C=O) groups excluding carboxylic acids is 1. The van der Waals surface area contributed by atoms with Gasteiger partial charge < -0.3 is 9.84 Å². The fraction of sp³-hybridized carbons (Fsp3) is 0.364. The summed E-state index contributed by atoms with van der Waals surface area (Å²) in [6.45, 7) is 3.23. The van der Waals surface area contributed by atoms with Crippen molar-refractivity contribution >= 4 is 5.97 Å². The number of hydrogen-bond donors (Lipinski definition) is 1. The summed E-state index contributed by atoms with van der Waals surface area (Å²) in [5.41, 5.74) is 0. The van der Waals surface area contributed by atoms with Crippen LogP contribution in [0.2, 0.25) is 0 Å². The van der Waals surface area contributed by atoms with Crippen molar-refractivity contribution < 1.29 is 14.6 Å². The Morgan fingerprint density at radius 3 is 2.50 bits per heavy atom. The summed E-state index contributed by atoms with van der Waals surface area (Å²) in [5.74, 6) is 3.93. The normalized spacial score (nSPS) is 13.1. The van der Waals surface area contributed by atoms with Crippen LogP contribution in [0, 0.1) is 24.7 Å². The fourth-order valence-electron chi connectivity index (χ4n) is 0.822. The fourth-order valence-corrected chi connectivity index (χ4v) is 0.822. The van der Waals surface area contributed by atoms with E-state index in [0.29, 0.717) is 0 Å². The molecule has 0 aliphatic heterocycles. The molecule has 0 radical (unpaired) electrons. The molecule has 2 unspecified atom stereocenters. The summed E-state index contributed by atoms with van der Waals surface area (Å²) in [5, 5.41) is 9.43. The molecule has 74 valence electrons. The van der Waals surface area contributed by atoms with Gasteiger partial charge in [-0.05, 0) is 0 Å².